The summed E-state index contributed by atoms with van der Waals surface area (Å²) in [6.07, 6.45) is 6.05. The molecule has 0 aromatic heterocycles. The smallest absolute Gasteiger partial charge is 0.161 e. The second-order valence-corrected chi connectivity index (χ2v) is 5.20. The summed E-state index contributed by atoms with van der Waals surface area (Å²) in [5, 5.41) is 0. The van der Waals surface area contributed by atoms with E-state index < -0.39 is 0 Å². The van der Waals surface area contributed by atoms with Crippen molar-refractivity contribution in [2.45, 2.75) is 52.1 Å². The van der Waals surface area contributed by atoms with Crippen molar-refractivity contribution in [2.75, 3.05) is 6.61 Å². The number of hydrogen-bond donors (Lipinski definition) is 0. The third-order valence-electron chi connectivity index (χ3n) is 4.22. The molecule has 0 amide bonds. The van der Waals surface area contributed by atoms with Crippen LogP contribution in [0.1, 0.15) is 46.0 Å². The molecule has 86 valence electrons. The Kier molecular flexibility index (Phi) is 3.45. The van der Waals surface area contributed by atoms with Crippen LogP contribution in [0.2, 0.25) is 0 Å². The first-order valence-corrected chi connectivity index (χ1v) is 6.35. The van der Waals surface area contributed by atoms with E-state index in [1.165, 1.54) is 25.7 Å². The average molecular weight is 210 g/mol. The number of carbonyl (C=O) groups excluding carboxylic acids is 1. The van der Waals surface area contributed by atoms with Crippen LogP contribution in [0, 0.1) is 17.8 Å². The summed E-state index contributed by atoms with van der Waals surface area (Å²) in [5.41, 5.74) is 0. The highest BCUT2D eigenvalue weighted by Crippen LogP contribution is 2.49. The number of ketones is 1. The lowest BCUT2D eigenvalue weighted by Crippen LogP contribution is -2.25. The Balaban J connectivity index is 1.79. The number of ether oxygens (including phenoxy) is 1. The zero-order valence-electron chi connectivity index (χ0n) is 9.87. The molecule has 15 heavy (non-hydrogen) atoms. The van der Waals surface area contributed by atoms with Crippen molar-refractivity contribution in [3.05, 3.63) is 0 Å². The van der Waals surface area contributed by atoms with Crippen LogP contribution in [-0.2, 0) is 9.53 Å². The second kappa shape index (κ2) is 4.65. The van der Waals surface area contributed by atoms with Gasteiger partial charge in [0.2, 0.25) is 0 Å². The van der Waals surface area contributed by atoms with Crippen molar-refractivity contribution >= 4 is 5.78 Å². The molecule has 2 aliphatic carbocycles. The fraction of sp³-hybridized carbons (Fsp3) is 0.923. The molecule has 2 aliphatic rings. The van der Waals surface area contributed by atoms with Crippen LogP contribution in [0.3, 0.4) is 0 Å². The Morgan fingerprint density at radius 1 is 1.40 bits per heavy atom. The first kappa shape index (κ1) is 11.1. The van der Waals surface area contributed by atoms with Gasteiger partial charge < -0.3 is 4.74 Å². The maximum absolute atomic E-state index is 11.8. The quantitative estimate of drug-likeness (QED) is 0.697. The molecule has 0 heterocycles. The molecule has 0 spiro atoms. The summed E-state index contributed by atoms with van der Waals surface area (Å²) < 4.78 is 5.34. The molecule has 2 fully saturated rings. The van der Waals surface area contributed by atoms with Crippen molar-refractivity contribution in [3.63, 3.8) is 0 Å². The van der Waals surface area contributed by atoms with E-state index >= 15 is 0 Å². The van der Waals surface area contributed by atoms with Gasteiger partial charge in [-0.25, -0.2) is 0 Å². The largest absolute Gasteiger partial charge is 0.371 e. The Bertz CT molecular complexity index is 237. The average Bonchev–Trinajstić information content (AvgIpc) is 2.79. The predicted molar refractivity (Wildman–Crippen MR) is 59.7 cm³/mol. The van der Waals surface area contributed by atoms with Gasteiger partial charge in [0.05, 0.1) is 0 Å². The van der Waals surface area contributed by atoms with Gasteiger partial charge in [-0.15, -0.1) is 0 Å². The highest BCUT2D eigenvalue weighted by Gasteiger charge is 2.40. The number of Topliss-reactive ketones (excluding diaryl/α,β-unsaturated/α-hetero) is 1. The van der Waals surface area contributed by atoms with E-state index in [9.17, 15) is 4.79 Å². The summed E-state index contributed by atoms with van der Waals surface area (Å²) in [6.45, 7) is 4.48. The summed E-state index contributed by atoms with van der Waals surface area (Å²) in [7, 11) is 0. The molecule has 2 nitrogen and oxygen atoms in total. The van der Waals surface area contributed by atoms with Crippen LogP contribution in [0.15, 0.2) is 0 Å². The van der Waals surface area contributed by atoms with Crippen LogP contribution < -0.4 is 0 Å². The van der Waals surface area contributed by atoms with Crippen LogP contribution in [0.25, 0.3) is 0 Å². The standard InChI is InChI=1S/C13H22O2/c1-3-15-9(2)13(14)8-12-7-10-4-5-11(12)6-10/h9-12H,3-8H2,1-2H3. The van der Waals surface area contributed by atoms with E-state index in [1.807, 2.05) is 13.8 Å². The summed E-state index contributed by atoms with van der Waals surface area (Å²) in [4.78, 5) is 11.8. The molecule has 2 rings (SSSR count). The number of hydrogen-bond acceptors (Lipinski definition) is 2. The first-order valence-electron chi connectivity index (χ1n) is 6.35. The van der Waals surface area contributed by atoms with Gasteiger partial charge in [-0.1, -0.05) is 6.42 Å². The molecule has 4 atom stereocenters. The third kappa shape index (κ3) is 2.41. The van der Waals surface area contributed by atoms with Crippen molar-refractivity contribution < 1.29 is 9.53 Å². The Morgan fingerprint density at radius 3 is 2.73 bits per heavy atom. The third-order valence-corrected chi connectivity index (χ3v) is 4.22. The summed E-state index contributed by atoms with van der Waals surface area (Å²) in [6, 6.07) is 0. The minimum absolute atomic E-state index is 0.186. The maximum Gasteiger partial charge on any atom is 0.161 e. The zero-order valence-corrected chi connectivity index (χ0v) is 9.87. The number of fused-ring (bicyclic) bond motifs is 2. The van der Waals surface area contributed by atoms with Gasteiger partial charge >= 0.3 is 0 Å². The number of carbonyl (C=O) groups is 1. The molecule has 2 heteroatoms. The van der Waals surface area contributed by atoms with Gasteiger partial charge in [0.25, 0.3) is 0 Å². The van der Waals surface area contributed by atoms with Gasteiger partial charge in [-0.2, -0.15) is 0 Å². The molecule has 0 aromatic carbocycles. The van der Waals surface area contributed by atoms with E-state index in [0.717, 1.165) is 18.3 Å². The molecule has 2 bridgehead atoms. The Morgan fingerprint density at radius 2 is 2.20 bits per heavy atom. The summed E-state index contributed by atoms with van der Waals surface area (Å²) >= 11 is 0. The topological polar surface area (TPSA) is 26.3 Å². The highest BCUT2D eigenvalue weighted by molar-refractivity contribution is 5.82. The van der Waals surface area contributed by atoms with Crippen molar-refractivity contribution in [1.82, 2.24) is 0 Å². The molecule has 0 aromatic rings. The van der Waals surface area contributed by atoms with E-state index in [-0.39, 0.29) is 6.10 Å². The van der Waals surface area contributed by atoms with Crippen LogP contribution in [-0.4, -0.2) is 18.5 Å². The fourth-order valence-electron chi connectivity index (χ4n) is 3.39. The molecule has 4 unspecified atom stereocenters. The van der Waals surface area contributed by atoms with Crippen molar-refractivity contribution in [3.8, 4) is 0 Å². The Labute approximate surface area is 92.4 Å². The lowest BCUT2D eigenvalue weighted by molar-refractivity contribution is -0.130. The van der Waals surface area contributed by atoms with Gasteiger partial charge in [0.15, 0.2) is 5.78 Å². The molecular formula is C13H22O2. The minimum Gasteiger partial charge on any atom is -0.371 e. The predicted octanol–water partition coefficient (Wildman–Crippen LogP) is 2.81. The van der Waals surface area contributed by atoms with Gasteiger partial charge in [0.1, 0.15) is 6.10 Å². The Hall–Kier alpha value is -0.370. The summed E-state index contributed by atoms with van der Waals surface area (Å²) in [5.74, 6) is 2.79. The highest BCUT2D eigenvalue weighted by atomic mass is 16.5. The number of rotatable bonds is 5. The zero-order chi connectivity index (χ0) is 10.8. The van der Waals surface area contributed by atoms with E-state index in [0.29, 0.717) is 18.3 Å². The fourth-order valence-corrected chi connectivity index (χ4v) is 3.39. The molecule has 0 radical (unpaired) electrons. The van der Waals surface area contributed by atoms with Crippen LogP contribution in [0.5, 0.6) is 0 Å². The van der Waals surface area contributed by atoms with E-state index in [4.69, 9.17) is 4.74 Å². The van der Waals surface area contributed by atoms with Gasteiger partial charge in [-0.3, -0.25) is 4.79 Å². The van der Waals surface area contributed by atoms with Crippen molar-refractivity contribution in [1.29, 1.82) is 0 Å². The first-order chi connectivity index (χ1) is 7.20. The molecular weight excluding hydrogens is 188 g/mol. The van der Waals surface area contributed by atoms with Gasteiger partial charge in [-0.05, 0) is 50.9 Å². The molecule has 0 N–H and O–H groups in total. The van der Waals surface area contributed by atoms with Crippen LogP contribution >= 0.6 is 0 Å². The maximum atomic E-state index is 11.8. The molecule has 0 saturated heterocycles. The lowest BCUT2D eigenvalue weighted by Gasteiger charge is -2.22. The monoisotopic (exact) mass is 210 g/mol. The molecule has 2 saturated carbocycles. The normalized spacial score (nSPS) is 35.7. The minimum atomic E-state index is -0.186. The lowest BCUT2D eigenvalue weighted by atomic mass is 9.84. The SMILES string of the molecule is CCOC(C)C(=O)CC1CC2CCC1C2. The van der Waals surface area contributed by atoms with Crippen LogP contribution in [0.4, 0.5) is 0 Å². The van der Waals surface area contributed by atoms with E-state index in [2.05, 4.69) is 0 Å². The van der Waals surface area contributed by atoms with Gasteiger partial charge in [0, 0.05) is 13.0 Å². The van der Waals surface area contributed by atoms with Crippen molar-refractivity contribution in [2.24, 2.45) is 17.8 Å². The second-order valence-electron chi connectivity index (χ2n) is 5.20. The molecule has 0 aliphatic heterocycles. The van der Waals surface area contributed by atoms with E-state index in [1.54, 1.807) is 0 Å².